The summed E-state index contributed by atoms with van der Waals surface area (Å²) in [6.45, 7) is 11.6. The molecule has 4 heteroatoms. The van der Waals surface area contributed by atoms with E-state index in [1.54, 1.807) is 0 Å². The molecule has 2 aromatic heterocycles. The van der Waals surface area contributed by atoms with Gasteiger partial charge in [-0.25, -0.2) is 0 Å². The Morgan fingerprint density at radius 1 is 1.29 bits per heavy atom. The van der Waals surface area contributed by atoms with Gasteiger partial charge in [0.2, 0.25) is 0 Å². The molecular weight excluding hydrogens is 278 g/mol. The molecule has 21 heavy (non-hydrogen) atoms. The monoisotopic (exact) mass is 303 g/mol. The number of anilines is 1. The van der Waals surface area contributed by atoms with E-state index in [0.29, 0.717) is 0 Å². The summed E-state index contributed by atoms with van der Waals surface area (Å²) >= 11 is 1.81. The number of hydrogen-bond acceptors (Lipinski definition) is 4. The Kier molecular flexibility index (Phi) is 5.37. The van der Waals surface area contributed by atoms with Crippen LogP contribution in [0.5, 0.6) is 0 Å². The lowest BCUT2D eigenvalue weighted by atomic mass is 10.1. The summed E-state index contributed by atoms with van der Waals surface area (Å²) < 4.78 is 0. The molecule has 0 aliphatic carbocycles. The van der Waals surface area contributed by atoms with Crippen LogP contribution in [0.1, 0.15) is 38.1 Å². The van der Waals surface area contributed by atoms with Crippen molar-refractivity contribution in [3.63, 3.8) is 0 Å². The predicted octanol–water partition coefficient (Wildman–Crippen LogP) is 4.06. The SMILES string of the molecule is CCN(Cc1cccs1)c1cnccc1CNC(C)(C)C. The maximum atomic E-state index is 4.32. The van der Waals surface area contributed by atoms with Crippen molar-refractivity contribution < 1.29 is 0 Å². The highest BCUT2D eigenvalue weighted by molar-refractivity contribution is 7.09. The van der Waals surface area contributed by atoms with Crippen LogP contribution >= 0.6 is 11.3 Å². The second-order valence-corrected chi connectivity index (χ2v) is 7.23. The van der Waals surface area contributed by atoms with Gasteiger partial charge in [-0.05, 0) is 50.8 Å². The summed E-state index contributed by atoms with van der Waals surface area (Å²) in [6, 6.07) is 6.42. The molecule has 0 aromatic carbocycles. The lowest BCUT2D eigenvalue weighted by Gasteiger charge is -2.27. The fourth-order valence-corrected chi connectivity index (χ4v) is 2.89. The van der Waals surface area contributed by atoms with Crippen LogP contribution in [0.15, 0.2) is 36.0 Å². The Bertz CT molecular complexity index is 543. The minimum Gasteiger partial charge on any atom is -0.365 e. The molecule has 0 saturated heterocycles. The minimum absolute atomic E-state index is 0.116. The number of thiophene rings is 1. The van der Waals surface area contributed by atoms with Gasteiger partial charge in [0.25, 0.3) is 0 Å². The zero-order valence-electron chi connectivity index (χ0n) is 13.4. The average Bonchev–Trinajstić information content (AvgIpc) is 2.95. The molecule has 1 N–H and O–H groups in total. The van der Waals surface area contributed by atoms with Gasteiger partial charge < -0.3 is 10.2 Å². The summed E-state index contributed by atoms with van der Waals surface area (Å²) in [7, 11) is 0. The van der Waals surface area contributed by atoms with Crippen molar-refractivity contribution in [2.45, 2.75) is 46.3 Å². The topological polar surface area (TPSA) is 28.2 Å². The number of nitrogens with one attached hydrogen (secondary N) is 1. The maximum Gasteiger partial charge on any atom is 0.0601 e. The summed E-state index contributed by atoms with van der Waals surface area (Å²) in [5.41, 5.74) is 2.65. The third-order valence-electron chi connectivity index (χ3n) is 3.35. The standard InChI is InChI=1S/C17H25N3S/c1-5-20(13-15-7-6-10-21-15)16-12-18-9-8-14(16)11-19-17(2,3)4/h6-10,12,19H,5,11,13H2,1-4H3. The average molecular weight is 303 g/mol. The highest BCUT2D eigenvalue weighted by Crippen LogP contribution is 2.23. The Balaban J connectivity index is 2.16. The lowest BCUT2D eigenvalue weighted by Crippen LogP contribution is -2.35. The minimum atomic E-state index is 0.116. The smallest absolute Gasteiger partial charge is 0.0601 e. The van der Waals surface area contributed by atoms with Gasteiger partial charge in [0.1, 0.15) is 0 Å². The molecule has 114 valence electrons. The van der Waals surface area contributed by atoms with Crippen LogP contribution in [-0.4, -0.2) is 17.1 Å². The van der Waals surface area contributed by atoms with Crippen molar-refractivity contribution in [2.75, 3.05) is 11.4 Å². The Morgan fingerprint density at radius 2 is 2.10 bits per heavy atom. The van der Waals surface area contributed by atoms with Crippen LogP contribution in [0.25, 0.3) is 0 Å². The van der Waals surface area contributed by atoms with Gasteiger partial charge in [0, 0.05) is 29.7 Å². The molecular formula is C17H25N3S. The maximum absolute atomic E-state index is 4.32. The molecule has 0 amide bonds. The molecule has 0 spiro atoms. The molecule has 2 heterocycles. The van der Waals surface area contributed by atoms with Crippen LogP contribution in [0.2, 0.25) is 0 Å². The second kappa shape index (κ2) is 7.05. The van der Waals surface area contributed by atoms with Gasteiger partial charge >= 0.3 is 0 Å². The first-order chi connectivity index (χ1) is 9.99. The van der Waals surface area contributed by atoms with Crippen molar-refractivity contribution in [1.82, 2.24) is 10.3 Å². The fraction of sp³-hybridized carbons (Fsp3) is 0.471. The van der Waals surface area contributed by atoms with Gasteiger partial charge in [-0.3, -0.25) is 4.98 Å². The number of rotatable bonds is 6. The second-order valence-electron chi connectivity index (χ2n) is 6.20. The summed E-state index contributed by atoms with van der Waals surface area (Å²) in [5.74, 6) is 0. The quantitative estimate of drug-likeness (QED) is 0.872. The van der Waals surface area contributed by atoms with Crippen molar-refractivity contribution in [3.05, 3.63) is 46.4 Å². The van der Waals surface area contributed by atoms with Crippen LogP contribution in [0, 0.1) is 0 Å². The van der Waals surface area contributed by atoms with E-state index in [9.17, 15) is 0 Å². The molecule has 0 saturated carbocycles. The van der Waals surface area contributed by atoms with Gasteiger partial charge in [-0.1, -0.05) is 6.07 Å². The first-order valence-electron chi connectivity index (χ1n) is 7.45. The van der Waals surface area contributed by atoms with Gasteiger partial charge in [-0.2, -0.15) is 0 Å². The van der Waals surface area contributed by atoms with Gasteiger partial charge in [0.05, 0.1) is 18.4 Å². The Labute approximate surface area is 132 Å². The molecule has 0 fully saturated rings. The molecule has 0 bridgehead atoms. The number of pyridine rings is 1. The zero-order valence-corrected chi connectivity index (χ0v) is 14.2. The summed E-state index contributed by atoms with van der Waals surface area (Å²) in [6.07, 6.45) is 3.86. The Morgan fingerprint density at radius 3 is 2.71 bits per heavy atom. The van der Waals surface area contributed by atoms with Gasteiger partial charge in [-0.15, -0.1) is 11.3 Å². The lowest BCUT2D eigenvalue weighted by molar-refractivity contribution is 0.424. The molecule has 2 aromatic rings. The van der Waals surface area contributed by atoms with Crippen molar-refractivity contribution in [1.29, 1.82) is 0 Å². The first kappa shape index (κ1) is 16.0. The number of hydrogen-bond donors (Lipinski definition) is 1. The van der Waals surface area contributed by atoms with E-state index in [4.69, 9.17) is 0 Å². The van der Waals surface area contributed by atoms with Crippen molar-refractivity contribution in [3.8, 4) is 0 Å². The van der Waals surface area contributed by atoms with E-state index in [1.165, 1.54) is 16.1 Å². The van der Waals surface area contributed by atoms with Crippen LogP contribution in [0.4, 0.5) is 5.69 Å². The fourth-order valence-electron chi connectivity index (χ4n) is 2.17. The third kappa shape index (κ3) is 4.83. The number of nitrogens with zero attached hydrogens (tertiary/aromatic N) is 2. The molecule has 0 atom stereocenters. The normalized spacial score (nSPS) is 11.6. The van der Waals surface area contributed by atoms with E-state index < -0.39 is 0 Å². The molecule has 0 aliphatic heterocycles. The van der Waals surface area contributed by atoms with Crippen LogP contribution in [-0.2, 0) is 13.1 Å². The van der Waals surface area contributed by atoms with Crippen molar-refractivity contribution in [2.24, 2.45) is 0 Å². The molecule has 3 nitrogen and oxygen atoms in total. The summed E-state index contributed by atoms with van der Waals surface area (Å²) in [4.78, 5) is 8.09. The van der Waals surface area contributed by atoms with E-state index in [1.807, 2.05) is 23.7 Å². The van der Waals surface area contributed by atoms with E-state index in [0.717, 1.165) is 19.6 Å². The largest absolute Gasteiger partial charge is 0.365 e. The van der Waals surface area contributed by atoms with Gasteiger partial charge in [0.15, 0.2) is 0 Å². The van der Waals surface area contributed by atoms with E-state index in [2.05, 4.69) is 66.5 Å². The van der Waals surface area contributed by atoms with E-state index >= 15 is 0 Å². The molecule has 0 aliphatic rings. The van der Waals surface area contributed by atoms with Crippen LogP contribution in [0.3, 0.4) is 0 Å². The predicted molar refractivity (Wildman–Crippen MR) is 91.9 cm³/mol. The van der Waals surface area contributed by atoms with E-state index in [-0.39, 0.29) is 5.54 Å². The van der Waals surface area contributed by atoms with Crippen molar-refractivity contribution >= 4 is 17.0 Å². The summed E-state index contributed by atoms with van der Waals surface area (Å²) in [5, 5.41) is 5.70. The third-order valence-corrected chi connectivity index (χ3v) is 4.21. The highest BCUT2D eigenvalue weighted by atomic mass is 32.1. The first-order valence-corrected chi connectivity index (χ1v) is 8.33. The van der Waals surface area contributed by atoms with Crippen LogP contribution < -0.4 is 10.2 Å². The Hall–Kier alpha value is -1.39. The number of aromatic nitrogens is 1. The zero-order chi connectivity index (χ0) is 15.3. The molecule has 0 radical (unpaired) electrons. The highest BCUT2D eigenvalue weighted by Gasteiger charge is 2.14. The molecule has 0 unspecified atom stereocenters. The molecule has 2 rings (SSSR count).